The fourth-order valence-electron chi connectivity index (χ4n) is 3.11. The number of H-pyrrole nitrogens is 2. The molecule has 0 unspecified atom stereocenters. The number of carbonyl (C=O) groups excluding carboxylic acids is 2. The van der Waals surface area contributed by atoms with Crippen LogP contribution in [0.4, 0.5) is 4.79 Å². The highest BCUT2D eigenvalue weighted by atomic mass is 16.7. The van der Waals surface area contributed by atoms with Gasteiger partial charge in [-0.05, 0) is 25.1 Å². The van der Waals surface area contributed by atoms with E-state index in [9.17, 15) is 14.4 Å². The van der Waals surface area contributed by atoms with Crippen LogP contribution < -0.4 is 10.3 Å². The third-order valence-electron chi connectivity index (χ3n) is 4.36. The number of rotatable bonds is 4. The molecule has 0 saturated heterocycles. The summed E-state index contributed by atoms with van der Waals surface area (Å²) < 4.78 is 10.0. The Morgan fingerprint density at radius 3 is 2.57 bits per heavy atom. The lowest BCUT2D eigenvalue weighted by Gasteiger charge is -2.07. The Morgan fingerprint density at radius 1 is 1.04 bits per heavy atom. The van der Waals surface area contributed by atoms with Crippen LogP contribution in [0, 0.1) is 0 Å². The molecule has 0 aliphatic carbocycles. The molecule has 7 nitrogen and oxygen atoms in total. The smallest absolute Gasteiger partial charge is 0.434 e. The van der Waals surface area contributed by atoms with Crippen LogP contribution in [0.25, 0.3) is 21.8 Å². The fourth-order valence-corrected chi connectivity index (χ4v) is 3.11. The van der Waals surface area contributed by atoms with Gasteiger partial charge in [-0.3, -0.25) is 9.59 Å². The predicted octanol–water partition coefficient (Wildman–Crippen LogP) is 3.78. The monoisotopic (exact) mass is 376 g/mol. The van der Waals surface area contributed by atoms with E-state index in [1.165, 1.54) is 6.20 Å². The molecule has 0 radical (unpaired) electrons. The van der Waals surface area contributed by atoms with Crippen LogP contribution in [-0.2, 0) is 4.74 Å². The quantitative estimate of drug-likeness (QED) is 0.417. The molecule has 7 heteroatoms. The van der Waals surface area contributed by atoms with Crippen LogP contribution in [0.5, 0.6) is 5.75 Å². The van der Waals surface area contributed by atoms with E-state index in [0.29, 0.717) is 27.4 Å². The van der Waals surface area contributed by atoms with Gasteiger partial charge >= 0.3 is 6.16 Å². The molecule has 0 bridgehead atoms. The summed E-state index contributed by atoms with van der Waals surface area (Å²) in [6, 6.07) is 13.9. The highest BCUT2D eigenvalue weighted by Gasteiger charge is 2.18. The molecule has 0 aliphatic rings. The number of pyridine rings is 1. The van der Waals surface area contributed by atoms with Gasteiger partial charge in [0.25, 0.3) is 5.56 Å². The van der Waals surface area contributed by atoms with Crippen molar-refractivity contribution in [3.05, 3.63) is 76.2 Å². The molecule has 0 amide bonds. The van der Waals surface area contributed by atoms with Gasteiger partial charge in [-0.15, -0.1) is 0 Å². The summed E-state index contributed by atoms with van der Waals surface area (Å²) in [6.07, 6.45) is 0.551. The van der Waals surface area contributed by atoms with Crippen LogP contribution >= 0.6 is 0 Å². The molecule has 2 aromatic carbocycles. The molecule has 4 aromatic rings. The molecular formula is C21H16N2O5. The number of fused-ring (bicyclic) bond motifs is 3. The van der Waals surface area contributed by atoms with E-state index < -0.39 is 6.16 Å². The molecule has 140 valence electrons. The third-order valence-corrected chi connectivity index (χ3v) is 4.36. The summed E-state index contributed by atoms with van der Waals surface area (Å²) in [4.78, 5) is 42.4. The molecule has 2 N–H and O–H groups in total. The van der Waals surface area contributed by atoms with Gasteiger partial charge in [0.2, 0.25) is 0 Å². The zero-order valence-corrected chi connectivity index (χ0v) is 14.9. The van der Waals surface area contributed by atoms with Gasteiger partial charge in [-0.25, -0.2) is 4.79 Å². The summed E-state index contributed by atoms with van der Waals surface area (Å²) in [6.45, 7) is 1.83. The van der Waals surface area contributed by atoms with E-state index >= 15 is 0 Å². The van der Waals surface area contributed by atoms with E-state index in [1.54, 1.807) is 49.4 Å². The lowest BCUT2D eigenvalue weighted by molar-refractivity contribution is 0.103. The van der Waals surface area contributed by atoms with E-state index in [1.807, 2.05) is 6.07 Å². The van der Waals surface area contributed by atoms with E-state index in [4.69, 9.17) is 9.47 Å². The van der Waals surface area contributed by atoms with Crippen LogP contribution in [0.2, 0.25) is 0 Å². The second kappa shape index (κ2) is 7.03. The first-order valence-electron chi connectivity index (χ1n) is 8.70. The largest absolute Gasteiger partial charge is 0.513 e. The Labute approximate surface area is 158 Å². The van der Waals surface area contributed by atoms with Gasteiger partial charge in [0.1, 0.15) is 5.52 Å². The van der Waals surface area contributed by atoms with Crippen molar-refractivity contribution in [3.63, 3.8) is 0 Å². The molecule has 0 spiro atoms. The van der Waals surface area contributed by atoms with Gasteiger partial charge in [-0.1, -0.05) is 30.3 Å². The van der Waals surface area contributed by atoms with Crippen LogP contribution in [-0.4, -0.2) is 28.5 Å². The van der Waals surface area contributed by atoms with Gasteiger partial charge in [0.15, 0.2) is 11.5 Å². The summed E-state index contributed by atoms with van der Waals surface area (Å²) in [5.41, 5.74) is 1.42. The van der Waals surface area contributed by atoms with Crippen LogP contribution in [0.1, 0.15) is 22.8 Å². The number of aromatic nitrogens is 2. The zero-order chi connectivity index (χ0) is 19.7. The average molecular weight is 376 g/mol. The Kier molecular flexibility index (Phi) is 4.41. The predicted molar refractivity (Wildman–Crippen MR) is 104 cm³/mol. The number of aromatic amines is 2. The maximum atomic E-state index is 12.8. The summed E-state index contributed by atoms with van der Waals surface area (Å²) >= 11 is 0. The molecule has 0 atom stereocenters. The summed E-state index contributed by atoms with van der Waals surface area (Å²) in [7, 11) is 0. The van der Waals surface area contributed by atoms with E-state index in [2.05, 4.69) is 9.97 Å². The molecule has 0 fully saturated rings. The molecule has 2 heterocycles. The second-order valence-corrected chi connectivity index (χ2v) is 6.10. The lowest BCUT2D eigenvalue weighted by atomic mass is 10.0. The van der Waals surface area contributed by atoms with Crippen molar-refractivity contribution in [2.75, 3.05) is 6.61 Å². The maximum Gasteiger partial charge on any atom is 0.513 e. The average Bonchev–Trinajstić information content (AvgIpc) is 3.13. The SMILES string of the molecule is CCOC(=O)Oc1c[nH]c2c(=O)[nH]c3ccc(C(=O)c4ccccc4)cc3c12. The first-order chi connectivity index (χ1) is 13.6. The number of ether oxygens (including phenoxy) is 2. The van der Waals surface area contributed by atoms with Crippen molar-refractivity contribution >= 4 is 33.7 Å². The van der Waals surface area contributed by atoms with Crippen LogP contribution in [0.15, 0.2) is 59.5 Å². The summed E-state index contributed by atoms with van der Waals surface area (Å²) in [5.74, 6) is 0.0131. The van der Waals surface area contributed by atoms with Crippen LogP contribution in [0.3, 0.4) is 0 Å². The fraction of sp³-hybridized carbons (Fsp3) is 0.0952. The lowest BCUT2D eigenvalue weighted by Crippen LogP contribution is -2.10. The number of carbonyl (C=O) groups is 2. The molecule has 4 rings (SSSR count). The van der Waals surface area contributed by atoms with Crippen molar-refractivity contribution in [3.8, 4) is 5.75 Å². The molecule has 28 heavy (non-hydrogen) atoms. The highest BCUT2D eigenvalue weighted by Crippen LogP contribution is 2.31. The Morgan fingerprint density at radius 2 is 1.82 bits per heavy atom. The molecule has 0 saturated carbocycles. The summed E-state index contributed by atoms with van der Waals surface area (Å²) in [5, 5.41) is 0.992. The normalized spacial score (nSPS) is 10.9. The minimum atomic E-state index is -0.867. The number of benzene rings is 2. The van der Waals surface area contributed by atoms with Crippen molar-refractivity contribution in [1.29, 1.82) is 0 Å². The number of nitrogens with one attached hydrogen (secondary N) is 2. The van der Waals surface area contributed by atoms with Crippen molar-refractivity contribution in [1.82, 2.24) is 9.97 Å². The van der Waals surface area contributed by atoms with Gasteiger partial charge in [0, 0.05) is 28.2 Å². The van der Waals surface area contributed by atoms with Gasteiger partial charge in [0.05, 0.1) is 12.0 Å². The van der Waals surface area contributed by atoms with Gasteiger partial charge in [-0.2, -0.15) is 0 Å². The highest BCUT2D eigenvalue weighted by molar-refractivity contribution is 6.14. The molecular weight excluding hydrogens is 360 g/mol. The van der Waals surface area contributed by atoms with Crippen molar-refractivity contribution < 1.29 is 19.1 Å². The minimum absolute atomic E-state index is 0.148. The topological polar surface area (TPSA) is 101 Å². The third kappa shape index (κ3) is 3.03. The van der Waals surface area contributed by atoms with E-state index in [-0.39, 0.29) is 29.2 Å². The van der Waals surface area contributed by atoms with E-state index in [0.717, 1.165) is 0 Å². The first kappa shape index (κ1) is 17.5. The Bertz CT molecular complexity index is 1250. The second-order valence-electron chi connectivity index (χ2n) is 6.10. The zero-order valence-electron chi connectivity index (χ0n) is 14.9. The van der Waals surface area contributed by atoms with Gasteiger partial charge < -0.3 is 19.4 Å². The number of hydrogen-bond donors (Lipinski definition) is 2. The number of hydrogen-bond acceptors (Lipinski definition) is 5. The molecule has 2 aromatic heterocycles. The number of ketones is 1. The molecule has 0 aliphatic heterocycles. The minimum Gasteiger partial charge on any atom is -0.434 e. The Hall–Kier alpha value is -3.87. The van der Waals surface area contributed by atoms with Crippen molar-refractivity contribution in [2.24, 2.45) is 0 Å². The Balaban J connectivity index is 1.89. The first-order valence-corrected chi connectivity index (χ1v) is 8.70. The van der Waals surface area contributed by atoms with Crippen molar-refractivity contribution in [2.45, 2.75) is 6.92 Å². The standard InChI is InChI=1S/C21H16N2O5/c1-2-27-21(26)28-16-11-22-18-17(16)14-10-13(8-9-15(14)23-20(18)25)19(24)12-6-4-3-5-7-12/h3-11,22H,2H2,1H3,(H,23,25). The maximum absolute atomic E-state index is 12.8.